The molecule has 0 saturated carbocycles. The number of aromatic nitrogens is 2. The third-order valence-corrected chi connectivity index (χ3v) is 6.59. The van der Waals surface area contributed by atoms with Crippen LogP contribution in [0.25, 0.3) is 10.2 Å². The van der Waals surface area contributed by atoms with Gasteiger partial charge in [-0.05, 0) is 54.5 Å². The van der Waals surface area contributed by atoms with Crippen molar-refractivity contribution >= 4 is 50.0 Å². The van der Waals surface area contributed by atoms with E-state index >= 15 is 0 Å². The summed E-state index contributed by atoms with van der Waals surface area (Å²) in [6.45, 7) is 4.57. The second-order valence-electron chi connectivity index (χ2n) is 8.01. The first-order valence-corrected chi connectivity index (χ1v) is 11.2. The number of hydrogen-bond donors (Lipinski definition) is 3. The predicted octanol–water partition coefficient (Wildman–Crippen LogP) is 3.60. The van der Waals surface area contributed by atoms with Crippen LogP contribution in [-0.2, 0) is 16.0 Å². The third-order valence-electron chi connectivity index (χ3n) is 5.73. The molecule has 0 spiro atoms. The monoisotopic (exact) mass is 440 g/mol. The van der Waals surface area contributed by atoms with Gasteiger partial charge < -0.3 is 21.7 Å². The molecule has 164 valence electrons. The van der Waals surface area contributed by atoms with Crippen molar-refractivity contribution in [1.29, 1.82) is 0 Å². The summed E-state index contributed by atoms with van der Waals surface area (Å²) in [5.74, 6) is -0.484. The van der Waals surface area contributed by atoms with Crippen LogP contribution in [0.1, 0.15) is 45.3 Å². The zero-order valence-electron chi connectivity index (χ0n) is 17.6. The number of benzene rings is 1. The number of anilines is 3. The maximum Gasteiger partial charge on any atom is 0.313 e. The number of nitrogen functional groups attached to an aromatic ring is 2. The lowest BCUT2D eigenvalue weighted by molar-refractivity contribution is -0.146. The first-order valence-electron chi connectivity index (χ1n) is 10.4. The van der Waals surface area contributed by atoms with Crippen molar-refractivity contribution in [2.45, 2.75) is 39.2 Å². The van der Waals surface area contributed by atoms with Crippen molar-refractivity contribution < 1.29 is 11.0 Å². The number of nitrogens with zero attached hydrogens (tertiary/aromatic N) is 3. The number of aryl methyl sites for hydroxylation is 1. The summed E-state index contributed by atoms with van der Waals surface area (Å²) < 4.78 is 1.00. The number of pyridine rings is 1. The normalized spacial score (nSPS) is 18.8. The highest BCUT2D eigenvalue weighted by molar-refractivity contribution is 7.22. The first kappa shape index (κ1) is 21.0. The van der Waals surface area contributed by atoms with Crippen molar-refractivity contribution in [1.82, 2.24) is 14.9 Å². The number of nitrogens with one attached hydrogen (secondary N) is 1. The maximum absolute atomic E-state index is 13.2. The highest BCUT2D eigenvalue weighted by atomic mass is 32.1. The zero-order valence-corrected chi connectivity index (χ0v) is 18.4. The SMILES string of the molecule is CCc1cc(NC(=O)C(=O)N2C[C@H](C)CC[C@H]2c2ccc3sc(N)nc3c2)cnc1N.[HH]. The molecule has 1 saturated heterocycles. The molecule has 2 aromatic heterocycles. The van der Waals surface area contributed by atoms with E-state index in [1.54, 1.807) is 11.0 Å². The van der Waals surface area contributed by atoms with E-state index in [1.807, 2.05) is 25.1 Å². The Hall–Kier alpha value is -3.20. The average molecular weight is 441 g/mol. The highest BCUT2D eigenvalue weighted by Crippen LogP contribution is 2.36. The number of thiazole rings is 1. The van der Waals surface area contributed by atoms with E-state index in [-0.39, 0.29) is 7.47 Å². The Morgan fingerprint density at radius 1 is 1.29 bits per heavy atom. The molecule has 9 heteroatoms. The Bertz CT molecular complexity index is 1150. The van der Waals surface area contributed by atoms with Gasteiger partial charge in [0.05, 0.1) is 28.1 Å². The predicted molar refractivity (Wildman–Crippen MR) is 126 cm³/mol. The molecule has 0 bridgehead atoms. The Kier molecular flexibility index (Phi) is 5.77. The quantitative estimate of drug-likeness (QED) is 0.534. The highest BCUT2D eigenvalue weighted by Gasteiger charge is 2.34. The molecule has 3 aromatic rings. The molecular weight excluding hydrogens is 412 g/mol. The summed E-state index contributed by atoms with van der Waals surface area (Å²) in [4.78, 5) is 36.1. The first-order chi connectivity index (χ1) is 14.9. The fraction of sp³-hybridized carbons (Fsp3) is 0.364. The molecule has 1 aromatic carbocycles. The Balaban J connectivity index is 0.00000289. The summed E-state index contributed by atoms with van der Waals surface area (Å²) in [6, 6.07) is 7.52. The molecule has 4 rings (SSSR count). The van der Waals surface area contributed by atoms with E-state index in [0.717, 1.165) is 34.2 Å². The minimum atomic E-state index is -0.674. The van der Waals surface area contributed by atoms with Crippen molar-refractivity contribution in [3.8, 4) is 0 Å². The minimum absolute atomic E-state index is 0. The molecule has 3 heterocycles. The number of fused-ring (bicyclic) bond motifs is 1. The lowest BCUT2D eigenvalue weighted by Crippen LogP contribution is -2.46. The molecule has 31 heavy (non-hydrogen) atoms. The van der Waals surface area contributed by atoms with Crippen LogP contribution in [0.4, 0.5) is 16.6 Å². The standard InChI is InChI=1S/C22H26N6O2S.H2/c1-3-13-8-15(10-25-19(13)23)26-20(29)21(30)28-11-12(2)4-6-17(28)14-5-7-18-16(9-14)27-22(24)31-18;/h5,7-10,12,17H,3-4,6,11H2,1-2H3,(H2,23,25)(H2,24,27)(H,26,29);1H/t12-,17+;/m1./s1. The van der Waals surface area contributed by atoms with Gasteiger partial charge in [0.1, 0.15) is 5.82 Å². The van der Waals surface area contributed by atoms with Crippen LogP contribution in [0.5, 0.6) is 0 Å². The van der Waals surface area contributed by atoms with Crippen molar-refractivity contribution in [2.24, 2.45) is 5.92 Å². The molecule has 2 amide bonds. The molecule has 1 fully saturated rings. The molecule has 0 aliphatic carbocycles. The van der Waals surface area contributed by atoms with Gasteiger partial charge in [0, 0.05) is 7.97 Å². The number of carbonyl (C=O) groups excluding carboxylic acids is 2. The maximum atomic E-state index is 13.2. The summed E-state index contributed by atoms with van der Waals surface area (Å²) in [5, 5.41) is 3.20. The number of nitrogens with two attached hydrogens (primary N) is 2. The van der Waals surface area contributed by atoms with E-state index in [4.69, 9.17) is 11.5 Å². The second-order valence-corrected chi connectivity index (χ2v) is 9.07. The Morgan fingerprint density at radius 3 is 2.87 bits per heavy atom. The fourth-order valence-corrected chi connectivity index (χ4v) is 4.80. The summed E-state index contributed by atoms with van der Waals surface area (Å²) in [5.41, 5.74) is 14.7. The average Bonchev–Trinajstić information content (AvgIpc) is 3.13. The third kappa shape index (κ3) is 4.32. The molecule has 0 radical (unpaired) electrons. The van der Waals surface area contributed by atoms with Crippen LogP contribution in [0.15, 0.2) is 30.5 Å². The molecular formula is C22H28N6O2S. The molecule has 0 unspecified atom stereocenters. The zero-order chi connectivity index (χ0) is 22.1. The van der Waals surface area contributed by atoms with Crippen LogP contribution in [0.3, 0.4) is 0 Å². The summed E-state index contributed by atoms with van der Waals surface area (Å²) in [7, 11) is 0. The smallest absolute Gasteiger partial charge is 0.313 e. The van der Waals surface area contributed by atoms with Crippen LogP contribution in [-0.4, -0.2) is 33.2 Å². The number of rotatable bonds is 3. The molecule has 2 atom stereocenters. The van der Waals surface area contributed by atoms with Gasteiger partial charge in [0.15, 0.2) is 5.13 Å². The topological polar surface area (TPSA) is 127 Å². The van der Waals surface area contributed by atoms with Crippen LogP contribution >= 0.6 is 11.3 Å². The van der Waals surface area contributed by atoms with Crippen LogP contribution in [0, 0.1) is 5.92 Å². The minimum Gasteiger partial charge on any atom is -0.383 e. The summed E-state index contributed by atoms with van der Waals surface area (Å²) >= 11 is 1.43. The van der Waals surface area contributed by atoms with E-state index in [1.165, 1.54) is 17.5 Å². The van der Waals surface area contributed by atoms with E-state index in [2.05, 4.69) is 22.2 Å². The number of amides is 2. The van der Waals surface area contributed by atoms with Gasteiger partial charge in [-0.2, -0.15) is 0 Å². The van der Waals surface area contributed by atoms with E-state index < -0.39 is 11.8 Å². The van der Waals surface area contributed by atoms with Gasteiger partial charge in [-0.3, -0.25) is 9.59 Å². The molecule has 1 aliphatic rings. The van der Waals surface area contributed by atoms with Gasteiger partial charge in [0.25, 0.3) is 0 Å². The van der Waals surface area contributed by atoms with Crippen molar-refractivity contribution in [3.63, 3.8) is 0 Å². The van der Waals surface area contributed by atoms with Gasteiger partial charge in [-0.15, -0.1) is 0 Å². The lowest BCUT2D eigenvalue weighted by Gasteiger charge is -2.38. The fourth-order valence-electron chi connectivity index (χ4n) is 4.08. The van der Waals surface area contributed by atoms with Crippen molar-refractivity contribution in [2.75, 3.05) is 23.3 Å². The van der Waals surface area contributed by atoms with Crippen LogP contribution in [0.2, 0.25) is 0 Å². The number of hydrogen-bond acceptors (Lipinski definition) is 7. The van der Waals surface area contributed by atoms with Crippen LogP contribution < -0.4 is 16.8 Å². The molecule has 5 N–H and O–H groups in total. The van der Waals surface area contributed by atoms with Gasteiger partial charge in [-0.1, -0.05) is 31.3 Å². The Morgan fingerprint density at radius 2 is 2.10 bits per heavy atom. The van der Waals surface area contributed by atoms with E-state index in [9.17, 15) is 9.59 Å². The Labute approximate surface area is 186 Å². The molecule has 8 nitrogen and oxygen atoms in total. The second kappa shape index (κ2) is 8.50. The summed E-state index contributed by atoms with van der Waals surface area (Å²) in [6.07, 6.45) is 3.92. The lowest BCUT2D eigenvalue weighted by atomic mass is 9.89. The van der Waals surface area contributed by atoms with Gasteiger partial charge in [-0.25, -0.2) is 9.97 Å². The number of piperidine rings is 1. The number of likely N-dealkylation sites (tertiary alicyclic amines) is 1. The van der Waals surface area contributed by atoms with Gasteiger partial charge in [0.2, 0.25) is 0 Å². The number of carbonyl (C=O) groups is 2. The molecule has 1 aliphatic heterocycles. The largest absolute Gasteiger partial charge is 0.383 e. The van der Waals surface area contributed by atoms with Crippen molar-refractivity contribution in [3.05, 3.63) is 41.6 Å². The van der Waals surface area contributed by atoms with E-state index in [0.29, 0.717) is 35.5 Å². The van der Waals surface area contributed by atoms with Gasteiger partial charge >= 0.3 is 11.8 Å².